The number of carbonyl (C=O) groups excluding carboxylic acids is 1. The number of thiazole rings is 1. The maximum atomic E-state index is 13.8. The topological polar surface area (TPSA) is 58.1 Å². The predicted octanol–water partition coefficient (Wildman–Crippen LogP) is 6.49. The van der Waals surface area contributed by atoms with Crippen molar-refractivity contribution in [2.24, 2.45) is 11.8 Å². The quantitative estimate of drug-likeness (QED) is 0.469. The van der Waals surface area contributed by atoms with Crippen molar-refractivity contribution in [3.63, 3.8) is 0 Å². The van der Waals surface area contributed by atoms with E-state index in [0.717, 1.165) is 40.6 Å². The van der Waals surface area contributed by atoms with Crippen molar-refractivity contribution in [3.05, 3.63) is 57.5 Å². The van der Waals surface area contributed by atoms with Gasteiger partial charge in [-0.2, -0.15) is 13.2 Å². The van der Waals surface area contributed by atoms with E-state index < -0.39 is 11.7 Å². The zero-order valence-corrected chi connectivity index (χ0v) is 20.6. The summed E-state index contributed by atoms with van der Waals surface area (Å²) in [6.45, 7) is 6.78. The minimum atomic E-state index is -4.44. The Kier molecular flexibility index (Phi) is 7.30. The average molecular weight is 509 g/mol. The number of pyridine rings is 1. The van der Waals surface area contributed by atoms with Gasteiger partial charge >= 0.3 is 6.18 Å². The zero-order valence-electron chi connectivity index (χ0n) is 19.8. The Morgan fingerprint density at radius 1 is 1.26 bits per heavy atom. The molecule has 4 rings (SSSR count). The molecule has 3 atom stereocenters. The third-order valence-corrected chi connectivity index (χ3v) is 7.65. The van der Waals surface area contributed by atoms with E-state index in [1.54, 1.807) is 6.08 Å². The Morgan fingerprint density at radius 2 is 2.03 bits per heavy atom. The summed E-state index contributed by atoms with van der Waals surface area (Å²) >= 11 is 1.44. The van der Waals surface area contributed by atoms with Crippen LogP contribution in [0.5, 0.6) is 0 Å². The van der Waals surface area contributed by atoms with E-state index in [2.05, 4.69) is 22.2 Å². The molecule has 1 aliphatic carbocycles. The molecule has 2 aliphatic rings. The summed E-state index contributed by atoms with van der Waals surface area (Å²) in [5.41, 5.74) is 0.486. The van der Waals surface area contributed by atoms with Crippen LogP contribution in [0.25, 0.3) is 5.57 Å². The van der Waals surface area contributed by atoms with Crippen LogP contribution in [-0.4, -0.2) is 39.9 Å². The lowest BCUT2D eigenvalue weighted by Gasteiger charge is -2.40. The number of alkyl halides is 3. The molecule has 0 aromatic carbocycles. The number of aromatic nitrogens is 2. The second-order valence-electron chi connectivity index (χ2n) is 9.25. The van der Waals surface area contributed by atoms with E-state index in [4.69, 9.17) is 0 Å². The van der Waals surface area contributed by atoms with Gasteiger partial charge in [0.25, 0.3) is 5.91 Å². The highest BCUT2D eigenvalue weighted by atomic mass is 32.1. The summed E-state index contributed by atoms with van der Waals surface area (Å²) < 4.78 is 52.2. The first-order chi connectivity index (χ1) is 16.5. The highest BCUT2D eigenvalue weighted by Gasteiger charge is 2.36. The summed E-state index contributed by atoms with van der Waals surface area (Å²) in [6, 6.07) is 2.11. The maximum Gasteiger partial charge on any atom is 0.417 e. The second kappa shape index (κ2) is 10.1. The highest BCUT2D eigenvalue weighted by molar-refractivity contribution is 7.13. The second-order valence-corrected chi connectivity index (χ2v) is 10.5. The normalized spacial score (nSPS) is 23.1. The summed E-state index contributed by atoms with van der Waals surface area (Å²) in [7, 11) is 0. The van der Waals surface area contributed by atoms with Crippen LogP contribution in [0.15, 0.2) is 36.3 Å². The van der Waals surface area contributed by atoms with Gasteiger partial charge in [-0.15, -0.1) is 11.3 Å². The number of nitrogens with zero attached hydrogens (tertiary/aromatic N) is 3. The molecular weight excluding hydrogens is 480 g/mol. The molecule has 5 nitrogen and oxygen atoms in total. The number of hydrogen-bond acceptors (Lipinski definition) is 5. The number of aryl methyl sites for hydroxylation is 1. The van der Waals surface area contributed by atoms with Crippen LogP contribution in [0, 0.1) is 18.8 Å². The van der Waals surface area contributed by atoms with E-state index in [9.17, 15) is 22.4 Å². The van der Waals surface area contributed by atoms with Crippen molar-refractivity contribution >= 4 is 28.6 Å². The molecule has 1 aliphatic heterocycles. The van der Waals surface area contributed by atoms with Crippen LogP contribution in [0.1, 0.15) is 59.0 Å². The lowest BCUT2D eigenvalue weighted by Crippen LogP contribution is -2.51. The first-order valence-electron chi connectivity index (χ1n) is 11.7. The predicted molar refractivity (Wildman–Crippen MR) is 129 cm³/mol. The molecule has 0 spiro atoms. The largest absolute Gasteiger partial charge is 0.417 e. The third kappa shape index (κ3) is 5.58. The Hall–Kier alpha value is -2.75. The first kappa shape index (κ1) is 25.3. The van der Waals surface area contributed by atoms with Crippen molar-refractivity contribution in [1.29, 1.82) is 0 Å². The summed E-state index contributed by atoms with van der Waals surface area (Å²) in [5, 5.41) is 3.87. The van der Waals surface area contributed by atoms with Gasteiger partial charge in [-0.1, -0.05) is 19.9 Å². The monoisotopic (exact) mass is 508 g/mol. The molecule has 188 valence electrons. The number of piperidine rings is 1. The van der Waals surface area contributed by atoms with Crippen LogP contribution >= 0.6 is 11.3 Å². The molecule has 3 heterocycles. The van der Waals surface area contributed by atoms with Gasteiger partial charge in [-0.05, 0) is 55.4 Å². The molecule has 2 unspecified atom stereocenters. The van der Waals surface area contributed by atoms with Crippen LogP contribution < -0.4 is 5.32 Å². The van der Waals surface area contributed by atoms with E-state index >= 15 is 0 Å². The molecule has 0 radical (unpaired) electrons. The van der Waals surface area contributed by atoms with Gasteiger partial charge < -0.3 is 10.2 Å². The summed E-state index contributed by atoms with van der Waals surface area (Å²) in [5.74, 6) is 0.0929. The fraction of sp³-hybridized carbons (Fsp3) is 0.480. The number of amides is 1. The number of hydrogen-bond donors (Lipinski definition) is 1. The summed E-state index contributed by atoms with van der Waals surface area (Å²) in [4.78, 5) is 24.8. The van der Waals surface area contributed by atoms with Gasteiger partial charge in [0.1, 0.15) is 17.3 Å². The Bertz CT molecular complexity index is 1140. The summed E-state index contributed by atoms with van der Waals surface area (Å²) in [6.07, 6.45) is 1.63. The van der Waals surface area contributed by atoms with Crippen molar-refractivity contribution in [1.82, 2.24) is 14.9 Å². The smallest absolute Gasteiger partial charge is 0.368 e. The van der Waals surface area contributed by atoms with E-state index in [0.29, 0.717) is 31.0 Å². The van der Waals surface area contributed by atoms with E-state index in [-0.39, 0.29) is 29.6 Å². The molecule has 10 heteroatoms. The van der Waals surface area contributed by atoms with Gasteiger partial charge in [-0.25, -0.2) is 14.4 Å². The molecule has 0 bridgehead atoms. The molecular formula is C25H28F4N4OS. The molecule has 35 heavy (non-hydrogen) atoms. The lowest BCUT2D eigenvalue weighted by molar-refractivity contribution is -0.137. The van der Waals surface area contributed by atoms with Crippen LogP contribution in [0.2, 0.25) is 0 Å². The van der Waals surface area contributed by atoms with Crippen molar-refractivity contribution < 1.29 is 22.4 Å². The fourth-order valence-corrected chi connectivity index (χ4v) is 5.75. The van der Waals surface area contributed by atoms with Crippen LogP contribution in [-0.2, 0) is 6.18 Å². The van der Waals surface area contributed by atoms with E-state index in [1.807, 2.05) is 18.7 Å². The number of carbonyl (C=O) groups is 1. The van der Waals surface area contributed by atoms with Crippen molar-refractivity contribution in [2.45, 2.75) is 52.3 Å². The maximum absolute atomic E-state index is 13.8. The number of allylic oxidation sites excluding steroid dienone is 4. The highest BCUT2D eigenvalue weighted by Crippen LogP contribution is 2.38. The minimum Gasteiger partial charge on any atom is -0.368 e. The minimum absolute atomic E-state index is 0.0603. The van der Waals surface area contributed by atoms with Gasteiger partial charge in [0.05, 0.1) is 21.5 Å². The SMILES string of the molecule is Cc1nc(C(=O)N2CCC[C@@H](C)C2CNc2ccc(C(F)(F)F)cn2)c(C2=CC=C(F)CC2C)s1. The number of halogens is 4. The Morgan fingerprint density at radius 3 is 2.69 bits per heavy atom. The van der Waals surface area contributed by atoms with Crippen molar-refractivity contribution in [3.8, 4) is 0 Å². The molecule has 0 saturated carbocycles. The number of rotatable bonds is 5. The molecule has 1 fully saturated rings. The average Bonchev–Trinajstić information content (AvgIpc) is 3.18. The standard InChI is InChI=1S/C25H28F4N4OS/c1-14-5-4-10-33(20(14)13-31-21-9-6-17(12-30-21)25(27,28)29)24(34)22-23(35-16(3)32-22)19-8-7-18(26)11-15(19)2/h6-9,12,14-15,20H,4-5,10-11,13H2,1-3H3,(H,30,31)/t14-,15?,20?/m1/s1. The molecule has 1 N–H and O–H groups in total. The third-order valence-electron chi connectivity index (χ3n) is 6.63. The molecule has 2 aromatic rings. The Labute approximate surface area is 206 Å². The Balaban J connectivity index is 1.55. The van der Waals surface area contributed by atoms with Crippen LogP contribution in [0.4, 0.5) is 23.4 Å². The first-order valence-corrected chi connectivity index (χ1v) is 12.5. The van der Waals surface area contributed by atoms with E-state index in [1.165, 1.54) is 23.5 Å². The van der Waals surface area contributed by atoms with Gasteiger partial charge in [0, 0.05) is 25.7 Å². The van der Waals surface area contributed by atoms with Crippen molar-refractivity contribution in [2.75, 3.05) is 18.4 Å². The van der Waals surface area contributed by atoms with Gasteiger partial charge in [0.15, 0.2) is 0 Å². The molecule has 1 saturated heterocycles. The van der Waals surface area contributed by atoms with Crippen LogP contribution in [0.3, 0.4) is 0 Å². The van der Waals surface area contributed by atoms with Gasteiger partial charge in [-0.3, -0.25) is 4.79 Å². The molecule has 1 amide bonds. The fourth-order valence-electron chi connectivity index (χ4n) is 4.71. The zero-order chi connectivity index (χ0) is 25.3. The number of anilines is 1. The lowest BCUT2D eigenvalue weighted by atomic mass is 9.89. The van der Waals surface area contributed by atoms with Gasteiger partial charge in [0.2, 0.25) is 0 Å². The molecule has 2 aromatic heterocycles. The number of nitrogens with one attached hydrogen (secondary N) is 1. The number of likely N-dealkylation sites (tertiary alicyclic amines) is 1.